The second-order valence-electron chi connectivity index (χ2n) is 4.52. The molecule has 0 spiro atoms. The number of aromatic nitrogens is 1. The molecule has 0 bridgehead atoms. The third kappa shape index (κ3) is 3.71. The smallest absolute Gasteiger partial charge is 0.229 e. The number of nitrogens with one attached hydrogen (secondary N) is 1. The van der Waals surface area contributed by atoms with Gasteiger partial charge in [-0.15, -0.1) is 0 Å². The van der Waals surface area contributed by atoms with Crippen LogP contribution in [0.2, 0.25) is 5.15 Å². The van der Waals surface area contributed by atoms with Gasteiger partial charge in [0.1, 0.15) is 0 Å². The first-order valence-electron chi connectivity index (χ1n) is 5.00. The highest BCUT2D eigenvalue weighted by molar-refractivity contribution is 6.32. The first-order chi connectivity index (χ1) is 7.84. The summed E-state index contributed by atoms with van der Waals surface area (Å²) in [6.45, 7) is 5.41. The lowest BCUT2D eigenvalue weighted by Crippen LogP contribution is -2.27. The van der Waals surface area contributed by atoms with Crippen molar-refractivity contribution in [2.75, 3.05) is 5.32 Å². The van der Waals surface area contributed by atoms with E-state index in [2.05, 4.69) is 15.5 Å². The zero-order chi connectivity index (χ0) is 13.1. The number of pyridine rings is 1. The van der Waals surface area contributed by atoms with Gasteiger partial charge in [0.15, 0.2) is 5.15 Å². The van der Waals surface area contributed by atoms with Crippen LogP contribution in [0.25, 0.3) is 0 Å². The minimum atomic E-state index is -0.505. The lowest BCUT2D eigenvalue weighted by molar-refractivity contribution is -0.123. The number of anilines is 1. The molecule has 1 aromatic rings. The molecule has 0 aliphatic heterocycles. The summed E-state index contributed by atoms with van der Waals surface area (Å²) in [5, 5.41) is 14.0. The quantitative estimate of drug-likeness (QED) is 0.369. The third-order valence-electron chi connectivity index (χ3n) is 1.99. The van der Waals surface area contributed by atoms with Gasteiger partial charge in [-0.3, -0.25) is 4.79 Å². The van der Waals surface area contributed by atoms with Crippen LogP contribution in [0.4, 0.5) is 5.69 Å². The van der Waals surface area contributed by atoms with E-state index in [-0.39, 0.29) is 11.1 Å². The first kappa shape index (κ1) is 13.4. The van der Waals surface area contributed by atoms with E-state index in [1.807, 2.05) is 0 Å². The maximum Gasteiger partial charge on any atom is 0.229 e. The minimum Gasteiger partial charge on any atom is -0.411 e. The molecule has 0 radical (unpaired) electrons. The molecule has 6 heteroatoms. The predicted octanol–water partition coefficient (Wildman–Crippen LogP) is 2.53. The Morgan fingerprint density at radius 2 is 2.18 bits per heavy atom. The van der Waals surface area contributed by atoms with Gasteiger partial charge >= 0.3 is 0 Å². The van der Waals surface area contributed by atoms with Crippen LogP contribution >= 0.6 is 11.6 Å². The van der Waals surface area contributed by atoms with Crippen molar-refractivity contribution in [1.29, 1.82) is 0 Å². The van der Waals surface area contributed by atoms with E-state index in [4.69, 9.17) is 16.8 Å². The standard InChI is InChI=1S/C11H14ClN3O2/c1-11(2,3)10(16)15-8-5-4-7(6-13-17)14-9(8)12/h4-6,17H,1-3H3,(H,15,16)/b13-6-. The third-order valence-corrected chi connectivity index (χ3v) is 2.28. The van der Waals surface area contributed by atoms with Crippen molar-refractivity contribution >= 4 is 29.4 Å². The summed E-state index contributed by atoms with van der Waals surface area (Å²) >= 11 is 5.89. The van der Waals surface area contributed by atoms with Gasteiger partial charge in [-0.25, -0.2) is 4.98 Å². The van der Waals surface area contributed by atoms with E-state index >= 15 is 0 Å². The number of halogens is 1. The van der Waals surface area contributed by atoms with Crippen LogP contribution in [-0.4, -0.2) is 22.3 Å². The Bertz CT molecular complexity index is 453. The van der Waals surface area contributed by atoms with Gasteiger partial charge in [-0.2, -0.15) is 0 Å². The molecule has 0 atom stereocenters. The summed E-state index contributed by atoms with van der Waals surface area (Å²) in [7, 11) is 0. The van der Waals surface area contributed by atoms with E-state index in [1.54, 1.807) is 32.9 Å². The molecule has 1 rings (SSSR count). The van der Waals surface area contributed by atoms with Crippen molar-refractivity contribution in [2.45, 2.75) is 20.8 Å². The Balaban J connectivity index is 2.90. The van der Waals surface area contributed by atoms with Crippen LogP contribution in [0.5, 0.6) is 0 Å². The van der Waals surface area contributed by atoms with Crippen molar-refractivity contribution in [3.05, 3.63) is 23.0 Å². The Labute approximate surface area is 104 Å². The molecule has 1 aromatic heterocycles. The van der Waals surface area contributed by atoms with E-state index in [1.165, 1.54) is 0 Å². The molecule has 17 heavy (non-hydrogen) atoms. The van der Waals surface area contributed by atoms with E-state index in [0.29, 0.717) is 11.4 Å². The van der Waals surface area contributed by atoms with Gasteiger partial charge in [0.25, 0.3) is 0 Å². The molecule has 0 saturated heterocycles. The van der Waals surface area contributed by atoms with Crippen molar-refractivity contribution in [2.24, 2.45) is 10.6 Å². The summed E-state index contributed by atoms with van der Waals surface area (Å²) in [5.74, 6) is -0.148. The van der Waals surface area contributed by atoms with Crippen LogP contribution in [-0.2, 0) is 4.79 Å². The van der Waals surface area contributed by atoms with Gasteiger partial charge in [0.05, 0.1) is 17.6 Å². The average molecular weight is 256 g/mol. The maximum atomic E-state index is 11.7. The van der Waals surface area contributed by atoms with Gasteiger partial charge in [0.2, 0.25) is 5.91 Å². The number of nitrogens with zero attached hydrogens (tertiary/aromatic N) is 2. The SMILES string of the molecule is CC(C)(C)C(=O)Nc1ccc(/C=N\O)nc1Cl. The Morgan fingerprint density at radius 3 is 2.65 bits per heavy atom. The molecular formula is C11H14ClN3O2. The number of carbonyl (C=O) groups excluding carboxylic acids is 1. The molecule has 0 aliphatic rings. The van der Waals surface area contributed by atoms with Crippen molar-refractivity contribution in [1.82, 2.24) is 4.98 Å². The number of rotatable bonds is 2. The summed E-state index contributed by atoms with van der Waals surface area (Å²) in [5.41, 5.74) is 0.335. The van der Waals surface area contributed by atoms with E-state index < -0.39 is 5.41 Å². The number of amides is 1. The monoisotopic (exact) mass is 255 g/mol. The highest BCUT2D eigenvalue weighted by Crippen LogP contribution is 2.22. The van der Waals surface area contributed by atoms with Crippen molar-refractivity contribution in [3.63, 3.8) is 0 Å². The van der Waals surface area contributed by atoms with Gasteiger partial charge in [-0.1, -0.05) is 37.5 Å². The first-order valence-corrected chi connectivity index (χ1v) is 5.38. The molecule has 92 valence electrons. The molecular weight excluding hydrogens is 242 g/mol. The van der Waals surface area contributed by atoms with Crippen LogP contribution < -0.4 is 5.32 Å². The fourth-order valence-corrected chi connectivity index (χ4v) is 1.19. The van der Waals surface area contributed by atoms with Crippen LogP contribution in [0.1, 0.15) is 26.5 Å². The molecule has 1 amide bonds. The molecule has 0 aliphatic carbocycles. The summed E-state index contributed by atoms with van der Waals surface area (Å²) < 4.78 is 0. The molecule has 5 nitrogen and oxygen atoms in total. The predicted molar refractivity (Wildman–Crippen MR) is 66.7 cm³/mol. The lowest BCUT2D eigenvalue weighted by Gasteiger charge is -2.18. The van der Waals surface area contributed by atoms with E-state index in [9.17, 15) is 4.79 Å². The molecule has 0 fully saturated rings. The molecule has 0 unspecified atom stereocenters. The average Bonchev–Trinajstić information content (AvgIpc) is 2.21. The fourth-order valence-electron chi connectivity index (χ4n) is 0.982. The number of hydrogen-bond acceptors (Lipinski definition) is 4. The number of carbonyl (C=O) groups is 1. The largest absolute Gasteiger partial charge is 0.411 e. The number of oxime groups is 1. The number of hydrogen-bond donors (Lipinski definition) is 2. The van der Waals surface area contributed by atoms with Crippen molar-refractivity contribution < 1.29 is 10.0 Å². The van der Waals surface area contributed by atoms with Crippen molar-refractivity contribution in [3.8, 4) is 0 Å². The second kappa shape index (κ2) is 5.14. The van der Waals surface area contributed by atoms with Crippen LogP contribution in [0.15, 0.2) is 17.3 Å². The highest BCUT2D eigenvalue weighted by Gasteiger charge is 2.22. The molecule has 2 N–H and O–H groups in total. The Morgan fingerprint density at radius 1 is 1.53 bits per heavy atom. The van der Waals surface area contributed by atoms with Gasteiger partial charge < -0.3 is 10.5 Å². The molecule has 0 saturated carbocycles. The second-order valence-corrected chi connectivity index (χ2v) is 4.88. The summed E-state index contributed by atoms with van der Waals surface area (Å²) in [6.07, 6.45) is 1.15. The molecule has 0 aromatic carbocycles. The maximum absolute atomic E-state index is 11.7. The topological polar surface area (TPSA) is 74.6 Å². The Kier molecular flexibility index (Phi) is 4.07. The highest BCUT2D eigenvalue weighted by atomic mass is 35.5. The fraction of sp³-hybridized carbons (Fsp3) is 0.364. The van der Waals surface area contributed by atoms with Gasteiger partial charge in [-0.05, 0) is 12.1 Å². The van der Waals surface area contributed by atoms with Crippen LogP contribution in [0.3, 0.4) is 0 Å². The molecule has 1 heterocycles. The lowest BCUT2D eigenvalue weighted by atomic mass is 9.95. The normalized spacial score (nSPS) is 11.8. The Hall–Kier alpha value is -1.62. The summed E-state index contributed by atoms with van der Waals surface area (Å²) in [4.78, 5) is 15.7. The zero-order valence-corrected chi connectivity index (χ0v) is 10.6. The summed E-state index contributed by atoms with van der Waals surface area (Å²) in [6, 6.07) is 3.19. The zero-order valence-electron chi connectivity index (χ0n) is 9.86. The van der Waals surface area contributed by atoms with E-state index in [0.717, 1.165) is 6.21 Å². The van der Waals surface area contributed by atoms with Gasteiger partial charge in [0, 0.05) is 5.41 Å². The minimum absolute atomic E-state index is 0.148. The van der Waals surface area contributed by atoms with Crippen LogP contribution in [0, 0.1) is 5.41 Å².